The zero-order chi connectivity index (χ0) is 24.2. The molecule has 1 aromatic carbocycles. The summed E-state index contributed by atoms with van der Waals surface area (Å²) in [5, 5.41) is 7.08. The number of benzene rings is 1. The Morgan fingerprint density at radius 3 is 2.27 bits per heavy atom. The van der Waals surface area contributed by atoms with Gasteiger partial charge in [-0.15, -0.1) is 0 Å². The fourth-order valence-electron chi connectivity index (χ4n) is 4.21. The van der Waals surface area contributed by atoms with Crippen LogP contribution in [0.4, 0.5) is 0 Å². The molecular formula is C24H37N5O3S. The molecule has 182 valence electrons. The number of aromatic nitrogens is 2. The van der Waals surface area contributed by atoms with Gasteiger partial charge < -0.3 is 5.32 Å². The smallest absolute Gasteiger partial charge is 0.243 e. The molecule has 1 aliphatic rings. The molecule has 33 heavy (non-hydrogen) atoms. The van der Waals surface area contributed by atoms with Crippen molar-refractivity contribution in [2.75, 3.05) is 39.3 Å². The van der Waals surface area contributed by atoms with Gasteiger partial charge in [0.1, 0.15) is 0 Å². The number of nitrogens with one attached hydrogen (secondary N) is 1. The van der Waals surface area contributed by atoms with Gasteiger partial charge in [0, 0.05) is 51.7 Å². The third-order valence-corrected chi connectivity index (χ3v) is 8.27. The molecule has 2 heterocycles. The number of aryl methyl sites for hydroxylation is 3. The largest absolute Gasteiger partial charge is 0.355 e. The van der Waals surface area contributed by atoms with E-state index in [1.54, 1.807) is 10.5 Å². The second-order valence-corrected chi connectivity index (χ2v) is 11.7. The molecule has 8 nitrogen and oxygen atoms in total. The van der Waals surface area contributed by atoms with E-state index in [2.05, 4.69) is 31.2 Å². The van der Waals surface area contributed by atoms with Gasteiger partial charge >= 0.3 is 0 Å². The first-order valence-electron chi connectivity index (χ1n) is 11.6. The molecule has 1 N–H and O–H groups in total. The Kier molecular flexibility index (Phi) is 7.97. The molecule has 2 aromatic rings. The van der Waals surface area contributed by atoms with Gasteiger partial charge in [0.15, 0.2) is 0 Å². The normalized spacial score (nSPS) is 16.2. The first-order valence-corrected chi connectivity index (χ1v) is 13.0. The highest BCUT2D eigenvalue weighted by Crippen LogP contribution is 2.31. The Morgan fingerprint density at radius 1 is 1.09 bits per heavy atom. The van der Waals surface area contributed by atoms with Crippen LogP contribution in [0.5, 0.6) is 0 Å². The molecule has 0 radical (unpaired) electrons. The number of carbonyl (C=O) groups is 1. The van der Waals surface area contributed by atoms with Crippen LogP contribution in [0.3, 0.4) is 0 Å². The van der Waals surface area contributed by atoms with E-state index in [9.17, 15) is 13.2 Å². The maximum atomic E-state index is 13.4. The van der Waals surface area contributed by atoms with E-state index in [0.717, 1.165) is 29.7 Å². The van der Waals surface area contributed by atoms with Crippen LogP contribution in [0.25, 0.3) is 0 Å². The predicted octanol–water partition coefficient (Wildman–Crippen LogP) is 2.31. The third kappa shape index (κ3) is 6.43. The van der Waals surface area contributed by atoms with Crippen molar-refractivity contribution in [2.24, 2.45) is 0 Å². The van der Waals surface area contributed by atoms with Crippen molar-refractivity contribution >= 4 is 15.9 Å². The average molecular weight is 476 g/mol. The summed E-state index contributed by atoms with van der Waals surface area (Å²) in [5.74, 6) is -0.0313. The van der Waals surface area contributed by atoms with Crippen LogP contribution in [0.15, 0.2) is 35.5 Å². The minimum atomic E-state index is -3.58. The van der Waals surface area contributed by atoms with Crippen molar-refractivity contribution in [1.82, 2.24) is 24.3 Å². The molecule has 0 unspecified atom stereocenters. The van der Waals surface area contributed by atoms with Gasteiger partial charge in [-0.25, -0.2) is 8.42 Å². The van der Waals surface area contributed by atoms with E-state index in [0.29, 0.717) is 37.6 Å². The molecule has 1 saturated heterocycles. The van der Waals surface area contributed by atoms with Crippen LogP contribution in [0.2, 0.25) is 0 Å². The Bertz CT molecular complexity index is 1030. The van der Waals surface area contributed by atoms with Gasteiger partial charge in [-0.05, 0) is 48.4 Å². The van der Waals surface area contributed by atoms with E-state index in [1.165, 1.54) is 0 Å². The van der Waals surface area contributed by atoms with Crippen molar-refractivity contribution in [2.45, 2.75) is 57.9 Å². The lowest BCUT2D eigenvalue weighted by Gasteiger charge is -2.34. The van der Waals surface area contributed by atoms with E-state index in [-0.39, 0.29) is 17.9 Å². The lowest BCUT2D eigenvalue weighted by Crippen LogP contribution is -2.51. The summed E-state index contributed by atoms with van der Waals surface area (Å²) >= 11 is 0. The van der Waals surface area contributed by atoms with Crippen molar-refractivity contribution in [3.8, 4) is 0 Å². The number of piperazine rings is 1. The van der Waals surface area contributed by atoms with Crippen molar-refractivity contribution in [3.63, 3.8) is 0 Å². The van der Waals surface area contributed by atoms with Gasteiger partial charge in [0.05, 0.1) is 11.4 Å². The summed E-state index contributed by atoms with van der Waals surface area (Å²) in [5.41, 5.74) is 2.67. The third-order valence-electron chi connectivity index (χ3n) is 6.07. The molecule has 9 heteroatoms. The SMILES string of the molecule is Cc1cc(C(C)(C)C)cc(C)c1S(=O)(=O)N1CCN(CC(=O)NCCCn2cccn2)CC1. The maximum absolute atomic E-state index is 13.4. The summed E-state index contributed by atoms with van der Waals surface area (Å²) < 4.78 is 30.2. The van der Waals surface area contributed by atoms with Crippen LogP contribution >= 0.6 is 0 Å². The van der Waals surface area contributed by atoms with Gasteiger partial charge in [-0.3, -0.25) is 14.4 Å². The zero-order valence-corrected chi connectivity index (χ0v) is 21.3. The maximum Gasteiger partial charge on any atom is 0.243 e. The molecule has 0 spiro atoms. The van der Waals surface area contributed by atoms with Crippen LogP contribution in [-0.2, 0) is 26.8 Å². The zero-order valence-electron chi connectivity index (χ0n) is 20.5. The molecule has 1 aliphatic heterocycles. The average Bonchev–Trinajstić information content (AvgIpc) is 3.24. The monoisotopic (exact) mass is 475 g/mol. The van der Waals surface area contributed by atoms with Gasteiger partial charge in [0.25, 0.3) is 0 Å². The number of amides is 1. The minimum Gasteiger partial charge on any atom is -0.355 e. The minimum absolute atomic E-state index is 0.0313. The fourth-order valence-corrected chi connectivity index (χ4v) is 6.04. The van der Waals surface area contributed by atoms with E-state index in [1.807, 2.05) is 47.8 Å². The Hall–Kier alpha value is -2.23. The van der Waals surface area contributed by atoms with Gasteiger partial charge in [-0.1, -0.05) is 32.9 Å². The number of carbonyl (C=O) groups excluding carboxylic acids is 1. The van der Waals surface area contributed by atoms with E-state index >= 15 is 0 Å². The Morgan fingerprint density at radius 2 is 1.73 bits per heavy atom. The lowest BCUT2D eigenvalue weighted by atomic mass is 9.85. The summed E-state index contributed by atoms with van der Waals surface area (Å²) in [6.45, 7) is 13.6. The number of hydrogen-bond acceptors (Lipinski definition) is 5. The number of sulfonamides is 1. The molecule has 0 bridgehead atoms. The summed E-state index contributed by atoms with van der Waals surface area (Å²) in [6, 6.07) is 5.86. The molecular weight excluding hydrogens is 438 g/mol. The van der Waals surface area contributed by atoms with Crippen LogP contribution < -0.4 is 5.32 Å². The van der Waals surface area contributed by atoms with Crippen molar-refractivity contribution in [3.05, 3.63) is 47.3 Å². The van der Waals surface area contributed by atoms with Gasteiger partial charge in [0.2, 0.25) is 15.9 Å². The standard InChI is InChI=1S/C24H37N5O3S/c1-19-16-21(24(3,4)5)17-20(2)23(19)33(31,32)29-14-12-27(13-15-29)18-22(30)25-8-6-10-28-11-7-9-26-28/h7,9,11,16-17H,6,8,10,12-15,18H2,1-5H3,(H,25,30). The summed E-state index contributed by atoms with van der Waals surface area (Å²) in [4.78, 5) is 14.7. The molecule has 0 saturated carbocycles. The first-order chi connectivity index (χ1) is 15.5. The summed E-state index contributed by atoms with van der Waals surface area (Å²) in [7, 11) is -3.58. The van der Waals surface area contributed by atoms with E-state index < -0.39 is 10.0 Å². The second kappa shape index (κ2) is 10.4. The molecule has 0 aliphatic carbocycles. The molecule has 1 fully saturated rings. The summed E-state index contributed by atoms with van der Waals surface area (Å²) in [6.07, 6.45) is 4.45. The van der Waals surface area contributed by atoms with E-state index in [4.69, 9.17) is 0 Å². The van der Waals surface area contributed by atoms with Gasteiger partial charge in [-0.2, -0.15) is 9.40 Å². The molecule has 3 rings (SSSR count). The fraction of sp³-hybridized carbons (Fsp3) is 0.583. The van der Waals surface area contributed by atoms with Crippen LogP contribution in [0, 0.1) is 13.8 Å². The van der Waals surface area contributed by atoms with Crippen molar-refractivity contribution < 1.29 is 13.2 Å². The Labute approximate surface area is 198 Å². The number of hydrogen-bond donors (Lipinski definition) is 1. The first kappa shape index (κ1) is 25.4. The molecule has 1 aromatic heterocycles. The Balaban J connectivity index is 1.52. The van der Waals surface area contributed by atoms with Crippen LogP contribution in [-0.4, -0.2) is 72.6 Å². The lowest BCUT2D eigenvalue weighted by molar-refractivity contribution is -0.122. The molecule has 0 atom stereocenters. The number of rotatable bonds is 8. The highest BCUT2D eigenvalue weighted by atomic mass is 32.2. The second-order valence-electron chi connectivity index (χ2n) is 9.84. The topological polar surface area (TPSA) is 87.5 Å². The quantitative estimate of drug-likeness (QED) is 0.592. The van der Waals surface area contributed by atoms with Crippen molar-refractivity contribution in [1.29, 1.82) is 0 Å². The van der Waals surface area contributed by atoms with Crippen LogP contribution in [0.1, 0.15) is 43.9 Å². The highest BCUT2D eigenvalue weighted by Gasteiger charge is 2.32. The predicted molar refractivity (Wildman–Crippen MR) is 130 cm³/mol. The highest BCUT2D eigenvalue weighted by molar-refractivity contribution is 7.89. The number of nitrogens with zero attached hydrogens (tertiary/aromatic N) is 4. The molecule has 1 amide bonds.